The van der Waals surface area contributed by atoms with Gasteiger partial charge in [0.05, 0.1) is 12.4 Å². The van der Waals surface area contributed by atoms with Crippen molar-refractivity contribution in [3.05, 3.63) is 42.4 Å². The average molecular weight is 275 g/mol. The fourth-order valence-electron chi connectivity index (χ4n) is 1.39. The Morgan fingerprint density at radius 2 is 1.95 bits per heavy atom. The van der Waals surface area contributed by atoms with E-state index >= 15 is 0 Å². The number of nitrogen functional groups attached to an aromatic ring is 1. The fourth-order valence-corrected chi connectivity index (χ4v) is 1.80. The molecule has 0 radical (unpaired) electrons. The molecule has 0 aliphatic carbocycles. The molecule has 0 bridgehead atoms. The van der Waals surface area contributed by atoms with Crippen molar-refractivity contribution in [2.24, 2.45) is 5.84 Å². The van der Waals surface area contributed by atoms with Gasteiger partial charge in [-0.05, 0) is 30.5 Å². The van der Waals surface area contributed by atoms with Crippen LogP contribution in [0.1, 0.15) is 10.5 Å². The first-order valence-corrected chi connectivity index (χ1v) is 6.69. The van der Waals surface area contributed by atoms with Crippen molar-refractivity contribution in [2.45, 2.75) is 4.90 Å². The molecule has 0 fully saturated rings. The van der Waals surface area contributed by atoms with Crippen LogP contribution in [-0.4, -0.2) is 22.1 Å². The second-order valence-corrected chi connectivity index (χ2v) is 4.49. The first-order chi connectivity index (χ1) is 9.22. The SMILES string of the molecule is CSc1ccc(NC(=O)c2cnc(NN)cn2)cc1. The van der Waals surface area contributed by atoms with Gasteiger partial charge in [0.1, 0.15) is 5.69 Å². The number of anilines is 2. The van der Waals surface area contributed by atoms with E-state index in [1.807, 2.05) is 30.5 Å². The molecule has 19 heavy (non-hydrogen) atoms. The number of hydrogen-bond donors (Lipinski definition) is 3. The zero-order valence-electron chi connectivity index (χ0n) is 10.3. The summed E-state index contributed by atoms with van der Waals surface area (Å²) in [5.74, 6) is 5.26. The highest BCUT2D eigenvalue weighted by atomic mass is 32.2. The molecule has 0 atom stereocenters. The molecule has 0 unspecified atom stereocenters. The maximum Gasteiger partial charge on any atom is 0.275 e. The zero-order chi connectivity index (χ0) is 13.7. The van der Waals surface area contributed by atoms with Crippen molar-refractivity contribution in [1.29, 1.82) is 0 Å². The monoisotopic (exact) mass is 275 g/mol. The highest BCUT2D eigenvalue weighted by Gasteiger charge is 2.08. The lowest BCUT2D eigenvalue weighted by molar-refractivity contribution is 0.102. The Hall–Kier alpha value is -2.12. The summed E-state index contributed by atoms with van der Waals surface area (Å²) in [7, 11) is 0. The molecule has 0 aliphatic heterocycles. The molecule has 0 aliphatic rings. The quantitative estimate of drug-likeness (QED) is 0.447. The highest BCUT2D eigenvalue weighted by Crippen LogP contribution is 2.17. The van der Waals surface area contributed by atoms with Gasteiger partial charge in [0.25, 0.3) is 5.91 Å². The van der Waals surface area contributed by atoms with Crippen molar-refractivity contribution in [1.82, 2.24) is 9.97 Å². The summed E-state index contributed by atoms with van der Waals surface area (Å²) in [5.41, 5.74) is 3.29. The standard InChI is InChI=1S/C12H13N5OS/c1-19-9-4-2-8(3-5-9)16-12(18)10-6-15-11(17-13)7-14-10/h2-7H,13H2,1H3,(H,15,17)(H,16,18). The van der Waals surface area contributed by atoms with Crippen molar-refractivity contribution in [3.63, 3.8) is 0 Å². The Morgan fingerprint density at radius 1 is 1.21 bits per heavy atom. The number of aromatic nitrogens is 2. The first kappa shape index (κ1) is 13.3. The molecule has 1 aromatic heterocycles. The molecule has 2 rings (SSSR count). The maximum atomic E-state index is 11.9. The second kappa shape index (κ2) is 6.17. The number of nitrogens with one attached hydrogen (secondary N) is 2. The van der Waals surface area contributed by atoms with Crippen LogP contribution in [0.4, 0.5) is 11.5 Å². The molecule has 0 saturated heterocycles. The van der Waals surface area contributed by atoms with Crippen molar-refractivity contribution in [3.8, 4) is 0 Å². The number of thioether (sulfide) groups is 1. The van der Waals surface area contributed by atoms with Crippen LogP contribution >= 0.6 is 11.8 Å². The summed E-state index contributed by atoms with van der Waals surface area (Å²) in [5, 5.41) is 2.74. The van der Waals surface area contributed by atoms with E-state index in [9.17, 15) is 4.79 Å². The molecule has 98 valence electrons. The summed E-state index contributed by atoms with van der Waals surface area (Å²) in [6.07, 6.45) is 4.75. The van der Waals surface area contributed by atoms with E-state index in [0.29, 0.717) is 11.5 Å². The molecular weight excluding hydrogens is 262 g/mol. The van der Waals surface area contributed by atoms with Crippen LogP contribution in [0, 0.1) is 0 Å². The van der Waals surface area contributed by atoms with Crippen LogP contribution in [0.15, 0.2) is 41.6 Å². The van der Waals surface area contributed by atoms with E-state index < -0.39 is 0 Å². The van der Waals surface area contributed by atoms with Crippen LogP contribution in [0.3, 0.4) is 0 Å². The number of amides is 1. The van der Waals surface area contributed by atoms with Crippen LogP contribution in [0.2, 0.25) is 0 Å². The molecule has 1 aromatic carbocycles. The molecule has 1 heterocycles. The van der Waals surface area contributed by atoms with Gasteiger partial charge < -0.3 is 10.7 Å². The minimum absolute atomic E-state index is 0.230. The minimum atomic E-state index is -0.312. The number of rotatable bonds is 4. The predicted molar refractivity (Wildman–Crippen MR) is 76.0 cm³/mol. The van der Waals surface area contributed by atoms with Gasteiger partial charge in [-0.25, -0.2) is 15.8 Å². The molecule has 1 amide bonds. The molecular formula is C12H13N5OS. The van der Waals surface area contributed by atoms with Gasteiger partial charge in [-0.15, -0.1) is 11.8 Å². The predicted octanol–water partition coefficient (Wildman–Crippen LogP) is 1.74. The van der Waals surface area contributed by atoms with Gasteiger partial charge in [-0.2, -0.15) is 0 Å². The number of nitrogens with zero attached hydrogens (tertiary/aromatic N) is 2. The van der Waals surface area contributed by atoms with Gasteiger partial charge in [0.2, 0.25) is 0 Å². The lowest BCUT2D eigenvalue weighted by Crippen LogP contribution is -2.15. The number of hydrogen-bond acceptors (Lipinski definition) is 6. The van der Waals surface area contributed by atoms with E-state index in [1.54, 1.807) is 11.8 Å². The topological polar surface area (TPSA) is 92.9 Å². The Morgan fingerprint density at radius 3 is 2.47 bits per heavy atom. The van der Waals surface area contributed by atoms with Gasteiger partial charge in [-0.1, -0.05) is 0 Å². The number of nitrogens with two attached hydrogens (primary N) is 1. The van der Waals surface area contributed by atoms with E-state index in [1.165, 1.54) is 12.4 Å². The number of hydrazine groups is 1. The van der Waals surface area contributed by atoms with Gasteiger partial charge in [-0.3, -0.25) is 4.79 Å². The number of carbonyl (C=O) groups excluding carboxylic acids is 1. The van der Waals surface area contributed by atoms with Gasteiger partial charge >= 0.3 is 0 Å². The van der Waals surface area contributed by atoms with Crippen LogP contribution in [0.5, 0.6) is 0 Å². The normalized spacial score (nSPS) is 10.0. The smallest absolute Gasteiger partial charge is 0.275 e. The van der Waals surface area contributed by atoms with Crippen LogP contribution < -0.4 is 16.6 Å². The third kappa shape index (κ3) is 3.43. The molecule has 0 saturated carbocycles. The first-order valence-electron chi connectivity index (χ1n) is 5.47. The summed E-state index contributed by atoms with van der Waals surface area (Å²) >= 11 is 1.64. The van der Waals surface area contributed by atoms with Crippen LogP contribution in [0.25, 0.3) is 0 Å². The largest absolute Gasteiger partial charge is 0.321 e. The van der Waals surface area contributed by atoms with Crippen molar-refractivity contribution >= 4 is 29.2 Å². The third-order valence-electron chi connectivity index (χ3n) is 2.38. The Bertz CT molecular complexity index is 555. The summed E-state index contributed by atoms with van der Waals surface area (Å²) in [4.78, 5) is 20.9. The molecule has 6 nitrogen and oxygen atoms in total. The maximum absolute atomic E-state index is 11.9. The summed E-state index contributed by atoms with van der Waals surface area (Å²) in [6.45, 7) is 0. The molecule has 4 N–H and O–H groups in total. The summed E-state index contributed by atoms with van der Waals surface area (Å²) < 4.78 is 0. The second-order valence-electron chi connectivity index (χ2n) is 3.61. The van der Waals surface area contributed by atoms with Gasteiger partial charge in [0.15, 0.2) is 5.82 Å². The Balaban J connectivity index is 2.06. The number of carbonyl (C=O) groups is 1. The minimum Gasteiger partial charge on any atom is -0.321 e. The highest BCUT2D eigenvalue weighted by molar-refractivity contribution is 7.98. The molecule has 2 aromatic rings. The van der Waals surface area contributed by atoms with E-state index in [4.69, 9.17) is 5.84 Å². The lowest BCUT2D eigenvalue weighted by atomic mass is 10.3. The van der Waals surface area contributed by atoms with Gasteiger partial charge in [0, 0.05) is 10.6 Å². The van der Waals surface area contributed by atoms with E-state index in [2.05, 4.69) is 20.7 Å². The fraction of sp³-hybridized carbons (Fsp3) is 0.0833. The Kier molecular flexibility index (Phi) is 4.32. The van der Waals surface area contributed by atoms with Crippen molar-refractivity contribution < 1.29 is 4.79 Å². The lowest BCUT2D eigenvalue weighted by Gasteiger charge is -2.05. The molecule has 0 spiro atoms. The molecule has 7 heteroatoms. The third-order valence-corrected chi connectivity index (χ3v) is 3.12. The van der Waals surface area contributed by atoms with E-state index in [-0.39, 0.29) is 11.6 Å². The van der Waals surface area contributed by atoms with Crippen LogP contribution in [-0.2, 0) is 0 Å². The van der Waals surface area contributed by atoms with Crippen molar-refractivity contribution in [2.75, 3.05) is 17.0 Å². The van der Waals surface area contributed by atoms with E-state index in [0.717, 1.165) is 4.90 Å². The summed E-state index contributed by atoms with van der Waals surface area (Å²) in [6, 6.07) is 7.56. The number of benzene rings is 1. The zero-order valence-corrected chi connectivity index (χ0v) is 11.1. The average Bonchev–Trinajstić information content (AvgIpc) is 2.48. The Labute approximate surface area is 114 Å².